The average molecular weight is 460 g/mol. The zero-order chi connectivity index (χ0) is 24.3. The topological polar surface area (TPSA) is 115 Å². The predicted octanol–water partition coefficient (Wildman–Crippen LogP) is 3.55. The lowest BCUT2D eigenvalue weighted by atomic mass is 9.86. The number of hydrogen-bond donors (Lipinski definition) is 4. The van der Waals surface area contributed by atoms with Gasteiger partial charge in [-0.25, -0.2) is 4.98 Å². The Morgan fingerprint density at radius 3 is 2.76 bits per heavy atom. The molecule has 2 aromatic rings. The highest BCUT2D eigenvalue weighted by molar-refractivity contribution is 5.81. The number of amides is 1. The molecular formula is C26H33N7O. The number of carbonyl (C=O) groups is 1. The average Bonchev–Trinajstić information content (AvgIpc) is 2.87. The fourth-order valence-electron chi connectivity index (χ4n) is 3.76. The summed E-state index contributed by atoms with van der Waals surface area (Å²) in [5.41, 5.74) is 2.17. The van der Waals surface area contributed by atoms with E-state index in [0.717, 1.165) is 49.9 Å². The molecule has 0 spiro atoms. The summed E-state index contributed by atoms with van der Waals surface area (Å²) in [7, 11) is 1.79. The third kappa shape index (κ3) is 7.19. The third-order valence-corrected chi connectivity index (χ3v) is 5.86. The Bertz CT molecular complexity index is 1070. The van der Waals surface area contributed by atoms with Crippen LogP contribution in [0.5, 0.6) is 0 Å². The van der Waals surface area contributed by atoms with Gasteiger partial charge in [-0.2, -0.15) is 10.2 Å². The summed E-state index contributed by atoms with van der Waals surface area (Å²) in [6.07, 6.45) is 6.61. The molecule has 0 radical (unpaired) electrons. The Balaban J connectivity index is 1.70. The summed E-state index contributed by atoms with van der Waals surface area (Å²) in [5.74, 6) is 8.09. The summed E-state index contributed by atoms with van der Waals surface area (Å²) in [5, 5.41) is 21.6. The molecule has 0 bridgehead atoms. The van der Waals surface area contributed by atoms with Crippen LogP contribution in [0.15, 0.2) is 30.5 Å². The van der Waals surface area contributed by atoms with Crippen LogP contribution in [0, 0.1) is 29.1 Å². The van der Waals surface area contributed by atoms with Gasteiger partial charge in [0.15, 0.2) is 0 Å². The Morgan fingerprint density at radius 2 is 2.06 bits per heavy atom. The summed E-state index contributed by atoms with van der Waals surface area (Å²) in [6, 6.07) is 9.21. The van der Waals surface area contributed by atoms with E-state index in [0.29, 0.717) is 17.3 Å². The van der Waals surface area contributed by atoms with Crippen LogP contribution in [0.3, 0.4) is 0 Å². The fourth-order valence-corrected chi connectivity index (χ4v) is 3.76. The first-order valence-corrected chi connectivity index (χ1v) is 11.9. The molecule has 1 aromatic heterocycles. The Morgan fingerprint density at radius 1 is 1.26 bits per heavy atom. The van der Waals surface area contributed by atoms with E-state index in [1.165, 1.54) is 0 Å². The molecule has 34 heavy (non-hydrogen) atoms. The quantitative estimate of drug-likeness (QED) is 0.446. The lowest BCUT2D eigenvalue weighted by molar-refractivity contribution is -0.123. The van der Waals surface area contributed by atoms with Crippen LogP contribution in [0.4, 0.5) is 17.5 Å². The van der Waals surface area contributed by atoms with Gasteiger partial charge in [0.1, 0.15) is 5.82 Å². The SMILES string of the molecule is CCCNc1nc(Nc2ccc(C#N)cc2)ncc1C#C[C@@H]1CCC[C@H](NC(=O)C(C)NC)C1. The molecule has 3 rings (SSSR count). The minimum atomic E-state index is -0.202. The summed E-state index contributed by atoms with van der Waals surface area (Å²) < 4.78 is 0. The van der Waals surface area contributed by atoms with E-state index in [9.17, 15) is 4.79 Å². The smallest absolute Gasteiger partial charge is 0.237 e. The fraction of sp³-hybridized carbons (Fsp3) is 0.462. The monoisotopic (exact) mass is 459 g/mol. The molecule has 1 aliphatic carbocycles. The molecule has 1 fully saturated rings. The first-order chi connectivity index (χ1) is 16.5. The van der Waals surface area contributed by atoms with Crippen molar-refractivity contribution < 1.29 is 4.79 Å². The van der Waals surface area contributed by atoms with Gasteiger partial charge in [-0.05, 0) is 63.9 Å². The van der Waals surface area contributed by atoms with Crippen LogP contribution in [-0.2, 0) is 4.79 Å². The lowest BCUT2D eigenvalue weighted by Gasteiger charge is -2.28. The van der Waals surface area contributed by atoms with Crippen molar-refractivity contribution in [3.05, 3.63) is 41.6 Å². The van der Waals surface area contributed by atoms with Gasteiger partial charge in [-0.15, -0.1) is 0 Å². The van der Waals surface area contributed by atoms with E-state index in [1.807, 2.05) is 19.1 Å². The van der Waals surface area contributed by atoms with Crippen molar-refractivity contribution in [3.63, 3.8) is 0 Å². The van der Waals surface area contributed by atoms with E-state index in [4.69, 9.17) is 5.26 Å². The Kier molecular flexibility index (Phi) is 9.25. The number of aromatic nitrogens is 2. The number of nitrogens with one attached hydrogen (secondary N) is 4. The van der Waals surface area contributed by atoms with Gasteiger partial charge in [0.25, 0.3) is 0 Å². The van der Waals surface area contributed by atoms with Crippen LogP contribution >= 0.6 is 0 Å². The maximum Gasteiger partial charge on any atom is 0.237 e. The molecular weight excluding hydrogens is 426 g/mol. The second-order valence-corrected chi connectivity index (χ2v) is 8.55. The van der Waals surface area contributed by atoms with Crippen molar-refractivity contribution in [1.29, 1.82) is 5.26 Å². The number of hydrogen-bond acceptors (Lipinski definition) is 7. The van der Waals surface area contributed by atoms with Gasteiger partial charge < -0.3 is 21.3 Å². The molecule has 1 saturated carbocycles. The molecule has 4 N–H and O–H groups in total. The van der Waals surface area contributed by atoms with Gasteiger partial charge in [-0.3, -0.25) is 4.79 Å². The van der Waals surface area contributed by atoms with E-state index < -0.39 is 0 Å². The maximum atomic E-state index is 12.2. The minimum absolute atomic E-state index is 0.0333. The first kappa shape index (κ1) is 25.0. The Labute approximate surface area is 202 Å². The largest absolute Gasteiger partial charge is 0.369 e. The molecule has 8 heteroatoms. The third-order valence-electron chi connectivity index (χ3n) is 5.86. The van der Waals surface area contributed by atoms with Crippen molar-refractivity contribution in [2.45, 2.75) is 58.0 Å². The van der Waals surface area contributed by atoms with Crippen molar-refractivity contribution in [2.24, 2.45) is 5.92 Å². The molecule has 0 aliphatic heterocycles. The summed E-state index contributed by atoms with van der Waals surface area (Å²) in [4.78, 5) is 21.3. The van der Waals surface area contributed by atoms with Crippen molar-refractivity contribution >= 4 is 23.4 Å². The first-order valence-electron chi connectivity index (χ1n) is 11.9. The zero-order valence-electron chi connectivity index (χ0n) is 20.1. The van der Waals surface area contributed by atoms with Gasteiger partial charge >= 0.3 is 0 Å². The molecule has 1 heterocycles. The highest BCUT2D eigenvalue weighted by atomic mass is 16.2. The van der Waals surface area contributed by atoms with Crippen LogP contribution in [0.1, 0.15) is 57.1 Å². The molecule has 178 valence electrons. The Hall–Kier alpha value is -3.62. The van der Waals surface area contributed by atoms with Crippen molar-refractivity contribution in [1.82, 2.24) is 20.6 Å². The van der Waals surface area contributed by atoms with E-state index in [1.54, 1.807) is 25.4 Å². The zero-order valence-corrected chi connectivity index (χ0v) is 20.1. The van der Waals surface area contributed by atoms with Gasteiger partial charge in [0, 0.05) is 24.2 Å². The predicted molar refractivity (Wildman–Crippen MR) is 135 cm³/mol. The van der Waals surface area contributed by atoms with Gasteiger partial charge in [-0.1, -0.05) is 25.2 Å². The normalized spacial score (nSPS) is 18.1. The van der Waals surface area contributed by atoms with Crippen LogP contribution in [-0.4, -0.2) is 41.6 Å². The van der Waals surface area contributed by atoms with E-state index >= 15 is 0 Å². The summed E-state index contributed by atoms with van der Waals surface area (Å²) in [6.45, 7) is 4.74. The lowest BCUT2D eigenvalue weighted by Crippen LogP contribution is -2.46. The molecule has 1 aromatic carbocycles. The molecule has 8 nitrogen and oxygen atoms in total. The van der Waals surface area contributed by atoms with Gasteiger partial charge in [0.2, 0.25) is 11.9 Å². The number of rotatable bonds is 8. The minimum Gasteiger partial charge on any atom is -0.369 e. The molecule has 1 unspecified atom stereocenters. The highest BCUT2D eigenvalue weighted by Gasteiger charge is 2.23. The van der Waals surface area contributed by atoms with E-state index in [2.05, 4.69) is 56.1 Å². The van der Waals surface area contributed by atoms with Crippen LogP contribution in [0.2, 0.25) is 0 Å². The van der Waals surface area contributed by atoms with Crippen molar-refractivity contribution in [2.75, 3.05) is 24.2 Å². The summed E-state index contributed by atoms with van der Waals surface area (Å²) >= 11 is 0. The van der Waals surface area contributed by atoms with Crippen LogP contribution < -0.4 is 21.3 Å². The number of likely N-dealkylation sites (N-methyl/N-ethyl adjacent to an activating group) is 1. The molecule has 3 atom stereocenters. The number of nitrogens with zero attached hydrogens (tertiary/aromatic N) is 3. The van der Waals surface area contributed by atoms with Crippen molar-refractivity contribution in [3.8, 4) is 17.9 Å². The molecule has 1 aliphatic rings. The number of anilines is 3. The van der Waals surface area contributed by atoms with E-state index in [-0.39, 0.29) is 23.9 Å². The van der Waals surface area contributed by atoms with Gasteiger partial charge in [0.05, 0.1) is 29.4 Å². The van der Waals surface area contributed by atoms with Crippen LogP contribution in [0.25, 0.3) is 0 Å². The number of nitriles is 1. The number of benzene rings is 1. The maximum absolute atomic E-state index is 12.2. The number of carbonyl (C=O) groups excluding carboxylic acids is 1. The molecule has 0 saturated heterocycles. The highest BCUT2D eigenvalue weighted by Crippen LogP contribution is 2.24. The second kappa shape index (κ2) is 12.6. The molecule has 1 amide bonds. The standard InChI is InChI=1S/C26H33N7O/c1-4-14-29-24-21(17-30-26(33-24)32-22-12-9-20(16-27)10-13-22)11-8-19-6-5-7-23(15-19)31-25(34)18(2)28-3/h9-10,12-13,17-19,23,28H,4-7,14-15H2,1-3H3,(H,31,34)(H2,29,30,32,33)/t18?,19-,23-/m0/s1. The second-order valence-electron chi connectivity index (χ2n) is 8.55.